The molecule has 8 heteroatoms. The first-order valence-electron chi connectivity index (χ1n) is 7.67. The summed E-state index contributed by atoms with van der Waals surface area (Å²) in [6, 6.07) is 4.50. The van der Waals surface area contributed by atoms with E-state index in [9.17, 15) is 8.42 Å². The van der Waals surface area contributed by atoms with E-state index < -0.39 is 10.0 Å². The minimum atomic E-state index is -3.51. The lowest BCUT2D eigenvalue weighted by atomic mass is 10.1. The van der Waals surface area contributed by atoms with Crippen LogP contribution in [0.2, 0.25) is 0 Å². The topological polar surface area (TPSA) is 75.4 Å². The number of thiophene rings is 1. The molecule has 23 heavy (non-hydrogen) atoms. The highest BCUT2D eigenvalue weighted by Gasteiger charge is 2.33. The van der Waals surface area contributed by atoms with E-state index in [1.165, 1.54) is 4.88 Å². The summed E-state index contributed by atoms with van der Waals surface area (Å²) < 4.78 is 32.0. The van der Waals surface area contributed by atoms with E-state index >= 15 is 0 Å². The Balaban J connectivity index is 1.60. The van der Waals surface area contributed by atoms with Crippen LogP contribution in [0, 0.1) is 13.8 Å². The Morgan fingerprint density at radius 2 is 2.13 bits per heavy atom. The highest BCUT2D eigenvalue weighted by molar-refractivity contribution is 7.89. The Kier molecular flexibility index (Phi) is 4.86. The molecule has 126 valence electrons. The highest BCUT2D eigenvalue weighted by Crippen LogP contribution is 2.26. The van der Waals surface area contributed by atoms with Gasteiger partial charge in [-0.2, -0.15) is 4.31 Å². The highest BCUT2D eigenvalue weighted by atomic mass is 32.2. The molecule has 1 N–H and O–H groups in total. The van der Waals surface area contributed by atoms with E-state index in [2.05, 4.69) is 21.9 Å². The Morgan fingerprint density at radius 1 is 1.39 bits per heavy atom. The number of aryl methyl sites for hydroxylation is 2. The minimum absolute atomic E-state index is 0.225. The zero-order chi connectivity index (χ0) is 16.4. The second-order valence-electron chi connectivity index (χ2n) is 5.79. The molecule has 0 aliphatic carbocycles. The molecular formula is C15H21N3O3S2. The molecule has 6 nitrogen and oxygen atoms in total. The number of hydrogen-bond acceptors (Lipinski definition) is 6. The number of nitrogens with one attached hydrogen (secondary N) is 1. The van der Waals surface area contributed by atoms with Gasteiger partial charge in [0.15, 0.2) is 5.76 Å². The van der Waals surface area contributed by atoms with Crippen molar-refractivity contribution in [3.63, 3.8) is 0 Å². The molecule has 0 spiro atoms. The fourth-order valence-corrected chi connectivity index (χ4v) is 5.35. The Hall–Kier alpha value is -1.22. The van der Waals surface area contributed by atoms with Gasteiger partial charge in [0.1, 0.15) is 10.6 Å². The monoisotopic (exact) mass is 355 g/mol. The zero-order valence-electron chi connectivity index (χ0n) is 13.3. The van der Waals surface area contributed by atoms with E-state index in [1.54, 1.807) is 29.5 Å². The van der Waals surface area contributed by atoms with Crippen molar-refractivity contribution in [1.29, 1.82) is 0 Å². The standard InChI is InChI=1S/C15H21N3O3S2/c1-11-15(12(2)21-17-11)23(19,20)18-7-5-13(6-8-18)16-10-14-4-3-9-22-14/h3-4,9,13,16H,5-8,10H2,1-2H3. The molecule has 0 bridgehead atoms. The molecule has 0 radical (unpaired) electrons. The summed E-state index contributed by atoms with van der Waals surface area (Å²) in [5, 5.41) is 9.33. The largest absolute Gasteiger partial charge is 0.360 e. The van der Waals surface area contributed by atoms with Crippen LogP contribution in [0.15, 0.2) is 26.9 Å². The molecule has 1 saturated heterocycles. The van der Waals surface area contributed by atoms with Crippen molar-refractivity contribution in [3.05, 3.63) is 33.8 Å². The summed E-state index contributed by atoms with van der Waals surface area (Å²) in [5.41, 5.74) is 0.431. The van der Waals surface area contributed by atoms with Crippen LogP contribution >= 0.6 is 11.3 Å². The lowest BCUT2D eigenvalue weighted by Crippen LogP contribution is -2.44. The number of rotatable bonds is 5. The number of nitrogens with zero attached hydrogens (tertiary/aromatic N) is 2. The Bertz CT molecular complexity index is 726. The molecular weight excluding hydrogens is 334 g/mol. The van der Waals surface area contributed by atoms with E-state index in [4.69, 9.17) is 4.52 Å². The number of aromatic nitrogens is 1. The van der Waals surface area contributed by atoms with E-state index in [1.807, 2.05) is 6.07 Å². The van der Waals surface area contributed by atoms with Crippen molar-refractivity contribution >= 4 is 21.4 Å². The van der Waals surface area contributed by atoms with Crippen molar-refractivity contribution in [3.8, 4) is 0 Å². The molecule has 0 unspecified atom stereocenters. The molecule has 0 aromatic carbocycles. The first-order valence-corrected chi connectivity index (χ1v) is 9.99. The van der Waals surface area contributed by atoms with Gasteiger partial charge in [-0.05, 0) is 38.1 Å². The molecule has 1 fully saturated rings. The quantitative estimate of drug-likeness (QED) is 0.891. The van der Waals surface area contributed by atoms with Gasteiger partial charge >= 0.3 is 0 Å². The molecule has 3 rings (SSSR count). The first kappa shape index (κ1) is 16.6. The molecule has 0 saturated carbocycles. The molecule has 0 atom stereocenters. The van der Waals surface area contributed by atoms with Crippen molar-refractivity contribution in [2.75, 3.05) is 13.1 Å². The zero-order valence-corrected chi connectivity index (χ0v) is 14.9. The minimum Gasteiger partial charge on any atom is -0.360 e. The smallest absolute Gasteiger partial charge is 0.248 e. The van der Waals surface area contributed by atoms with E-state index in [0.29, 0.717) is 30.6 Å². The van der Waals surface area contributed by atoms with Crippen LogP contribution in [-0.2, 0) is 16.6 Å². The van der Waals surface area contributed by atoms with Crippen LogP contribution in [0.4, 0.5) is 0 Å². The number of hydrogen-bond donors (Lipinski definition) is 1. The van der Waals surface area contributed by atoms with E-state index in [0.717, 1.165) is 19.4 Å². The van der Waals surface area contributed by atoms with Crippen LogP contribution in [0.5, 0.6) is 0 Å². The molecule has 2 aromatic heterocycles. The molecule has 3 heterocycles. The van der Waals surface area contributed by atoms with E-state index in [-0.39, 0.29) is 4.90 Å². The third-order valence-electron chi connectivity index (χ3n) is 4.16. The van der Waals surface area contributed by atoms with Gasteiger partial charge in [-0.1, -0.05) is 11.2 Å². The van der Waals surface area contributed by atoms with Gasteiger partial charge in [0.25, 0.3) is 0 Å². The summed E-state index contributed by atoms with van der Waals surface area (Å²) in [6.07, 6.45) is 1.63. The summed E-state index contributed by atoms with van der Waals surface area (Å²) >= 11 is 1.73. The second-order valence-corrected chi connectivity index (χ2v) is 8.70. The lowest BCUT2D eigenvalue weighted by Gasteiger charge is -2.31. The van der Waals surface area contributed by atoms with Gasteiger partial charge in [-0.25, -0.2) is 8.42 Å². The molecule has 2 aromatic rings. The van der Waals surface area contributed by atoms with Gasteiger partial charge < -0.3 is 9.84 Å². The average Bonchev–Trinajstić information content (AvgIpc) is 3.15. The number of piperidine rings is 1. The van der Waals surface area contributed by atoms with Crippen LogP contribution in [0.25, 0.3) is 0 Å². The fourth-order valence-electron chi connectivity index (χ4n) is 2.93. The van der Waals surface area contributed by atoms with Crippen LogP contribution in [-0.4, -0.2) is 37.0 Å². The van der Waals surface area contributed by atoms with Crippen LogP contribution in [0.3, 0.4) is 0 Å². The van der Waals surface area contributed by atoms with Crippen molar-refractivity contribution in [2.24, 2.45) is 0 Å². The molecule has 1 aliphatic heterocycles. The van der Waals surface area contributed by atoms with Gasteiger partial charge in [-0.3, -0.25) is 0 Å². The third-order valence-corrected chi connectivity index (χ3v) is 7.18. The predicted molar refractivity (Wildman–Crippen MR) is 88.9 cm³/mol. The van der Waals surface area contributed by atoms with Crippen molar-refractivity contribution < 1.29 is 12.9 Å². The van der Waals surface area contributed by atoms with Gasteiger partial charge in [0, 0.05) is 30.6 Å². The molecule has 0 amide bonds. The Morgan fingerprint density at radius 3 is 2.70 bits per heavy atom. The third kappa shape index (κ3) is 3.50. The van der Waals surface area contributed by atoms with Gasteiger partial charge in [-0.15, -0.1) is 11.3 Å². The lowest BCUT2D eigenvalue weighted by molar-refractivity contribution is 0.288. The summed E-state index contributed by atoms with van der Waals surface area (Å²) in [7, 11) is -3.51. The summed E-state index contributed by atoms with van der Waals surface area (Å²) in [6.45, 7) is 5.20. The molecule has 1 aliphatic rings. The maximum atomic E-state index is 12.7. The SMILES string of the molecule is Cc1noc(C)c1S(=O)(=O)N1CCC(NCc2cccs2)CC1. The van der Waals surface area contributed by atoms with Crippen LogP contribution in [0.1, 0.15) is 29.2 Å². The van der Waals surface area contributed by atoms with Crippen molar-refractivity contribution in [1.82, 2.24) is 14.8 Å². The first-order chi connectivity index (χ1) is 11.0. The van der Waals surface area contributed by atoms with Crippen LogP contribution < -0.4 is 5.32 Å². The predicted octanol–water partition coefficient (Wildman–Crippen LogP) is 2.30. The maximum absolute atomic E-state index is 12.7. The van der Waals surface area contributed by atoms with Gasteiger partial charge in [0.05, 0.1) is 0 Å². The maximum Gasteiger partial charge on any atom is 0.248 e. The van der Waals surface area contributed by atoms with Gasteiger partial charge in [0.2, 0.25) is 10.0 Å². The summed E-state index contributed by atoms with van der Waals surface area (Å²) in [5.74, 6) is 0.362. The summed E-state index contributed by atoms with van der Waals surface area (Å²) in [4.78, 5) is 1.53. The average molecular weight is 355 g/mol. The normalized spacial score (nSPS) is 17.7. The number of sulfonamides is 1. The van der Waals surface area contributed by atoms with Crippen molar-refractivity contribution in [2.45, 2.75) is 44.2 Å². The fraction of sp³-hybridized carbons (Fsp3) is 0.533. The Labute approximate surface area is 140 Å². The second kappa shape index (κ2) is 6.72.